The fourth-order valence-corrected chi connectivity index (χ4v) is 6.02. The Balaban J connectivity index is 1.66. The van der Waals surface area contributed by atoms with Gasteiger partial charge in [-0.15, -0.1) is 11.8 Å². The van der Waals surface area contributed by atoms with Gasteiger partial charge in [0.1, 0.15) is 6.04 Å². The van der Waals surface area contributed by atoms with E-state index in [4.69, 9.17) is 0 Å². The summed E-state index contributed by atoms with van der Waals surface area (Å²) in [4.78, 5) is 30.2. The highest BCUT2D eigenvalue weighted by Gasteiger charge is 2.39. The number of hydrogen-bond donors (Lipinski definition) is 1. The van der Waals surface area contributed by atoms with Crippen LogP contribution < -0.4 is 10.2 Å². The van der Waals surface area contributed by atoms with E-state index < -0.39 is 6.04 Å². The van der Waals surface area contributed by atoms with Crippen molar-refractivity contribution >= 4 is 51.9 Å². The Hall–Kier alpha value is -3.16. The minimum Gasteiger partial charge on any atom is -0.350 e. The summed E-state index contributed by atoms with van der Waals surface area (Å²) in [6.07, 6.45) is 2.01. The van der Waals surface area contributed by atoms with E-state index in [2.05, 4.69) is 16.0 Å². The zero-order chi connectivity index (χ0) is 23.7. The van der Waals surface area contributed by atoms with Crippen LogP contribution in [-0.2, 0) is 23.2 Å². The van der Waals surface area contributed by atoms with Gasteiger partial charge in [0.15, 0.2) is 0 Å². The minimum atomic E-state index is -0.774. The molecule has 0 saturated carbocycles. The molecular weight excluding hydrogens is 462 g/mol. The van der Waals surface area contributed by atoms with Crippen molar-refractivity contribution in [1.82, 2.24) is 9.88 Å². The van der Waals surface area contributed by atoms with Gasteiger partial charge < -0.3 is 9.88 Å². The van der Waals surface area contributed by atoms with Crippen molar-refractivity contribution in [3.8, 4) is 0 Å². The Morgan fingerprint density at radius 1 is 1.06 bits per heavy atom. The fraction of sp³-hybridized carbons (Fsp3) is 0.185. The van der Waals surface area contributed by atoms with E-state index in [1.54, 1.807) is 16.7 Å². The number of aryl methyl sites for hydroxylation is 1. The number of hydrogen-bond acceptors (Lipinski definition) is 4. The SMILES string of the molecule is CSc1cccc(N2C(=O)CSc3c(c4ccccc4n3C)[C@H]2C(=O)NCc2ccccc2)c1. The van der Waals surface area contributed by atoms with Crippen LogP contribution in [0, 0.1) is 0 Å². The third-order valence-corrected chi connectivity index (χ3v) is 8.00. The Kier molecular flexibility index (Phi) is 6.39. The van der Waals surface area contributed by atoms with Gasteiger partial charge in [-0.25, -0.2) is 0 Å². The van der Waals surface area contributed by atoms with Crippen molar-refractivity contribution in [3.05, 3.63) is 90.0 Å². The average molecular weight is 488 g/mol. The third-order valence-electron chi connectivity index (χ3n) is 6.11. The van der Waals surface area contributed by atoms with Gasteiger partial charge in [0.2, 0.25) is 11.8 Å². The highest BCUT2D eigenvalue weighted by atomic mass is 32.2. The molecule has 5 rings (SSSR count). The number of benzene rings is 3. The van der Waals surface area contributed by atoms with Crippen LogP contribution >= 0.6 is 23.5 Å². The van der Waals surface area contributed by atoms with E-state index in [1.807, 2.05) is 86.1 Å². The van der Waals surface area contributed by atoms with E-state index in [9.17, 15) is 9.59 Å². The lowest BCUT2D eigenvalue weighted by molar-refractivity contribution is -0.125. The number of fused-ring (bicyclic) bond motifs is 3. The monoisotopic (exact) mass is 487 g/mol. The first-order chi connectivity index (χ1) is 16.6. The number of nitrogens with zero attached hydrogens (tertiary/aromatic N) is 2. The van der Waals surface area contributed by atoms with E-state index in [1.165, 1.54) is 11.8 Å². The van der Waals surface area contributed by atoms with Crippen molar-refractivity contribution in [1.29, 1.82) is 0 Å². The molecule has 0 spiro atoms. The van der Waals surface area contributed by atoms with Crippen LogP contribution in [0.4, 0.5) is 5.69 Å². The predicted molar refractivity (Wildman–Crippen MR) is 140 cm³/mol. The minimum absolute atomic E-state index is 0.0802. The van der Waals surface area contributed by atoms with Crippen LogP contribution in [0.15, 0.2) is 88.8 Å². The molecule has 1 aromatic heterocycles. The normalized spacial score (nSPS) is 15.8. The van der Waals surface area contributed by atoms with Crippen LogP contribution in [0.3, 0.4) is 0 Å². The van der Waals surface area contributed by atoms with Gasteiger partial charge in [-0.1, -0.05) is 66.4 Å². The molecule has 7 heteroatoms. The molecule has 1 atom stereocenters. The van der Waals surface area contributed by atoms with E-state index in [-0.39, 0.29) is 17.6 Å². The number of carbonyl (C=O) groups is 2. The topological polar surface area (TPSA) is 54.3 Å². The summed E-state index contributed by atoms with van der Waals surface area (Å²) in [6.45, 7) is 0.399. The summed E-state index contributed by atoms with van der Waals surface area (Å²) in [5, 5.41) is 5.05. The summed E-state index contributed by atoms with van der Waals surface area (Å²) in [5.74, 6) is -0.00129. The lowest BCUT2D eigenvalue weighted by atomic mass is 10.0. The second-order valence-corrected chi connectivity index (χ2v) is 10.00. The quantitative estimate of drug-likeness (QED) is 0.383. The summed E-state index contributed by atoms with van der Waals surface area (Å²) in [7, 11) is 2.00. The van der Waals surface area contributed by atoms with Gasteiger partial charge in [-0.2, -0.15) is 0 Å². The number of anilines is 1. The van der Waals surface area contributed by atoms with Crippen LogP contribution in [0.5, 0.6) is 0 Å². The first-order valence-electron chi connectivity index (χ1n) is 11.1. The molecule has 4 aromatic rings. The zero-order valence-corrected chi connectivity index (χ0v) is 20.7. The maximum absolute atomic E-state index is 13.9. The van der Waals surface area contributed by atoms with Crippen LogP contribution in [0.2, 0.25) is 0 Å². The molecule has 0 saturated heterocycles. The molecule has 0 fully saturated rings. The first kappa shape index (κ1) is 22.6. The van der Waals surface area contributed by atoms with Crippen molar-refractivity contribution in [2.45, 2.75) is 22.5 Å². The van der Waals surface area contributed by atoms with Crippen LogP contribution in [0.1, 0.15) is 17.2 Å². The van der Waals surface area contributed by atoms with Gasteiger partial charge in [-0.05, 0) is 36.1 Å². The molecule has 2 heterocycles. The summed E-state index contributed by atoms with van der Waals surface area (Å²) in [5.41, 5.74) is 3.68. The zero-order valence-electron chi connectivity index (χ0n) is 19.0. The summed E-state index contributed by atoms with van der Waals surface area (Å²) in [6, 6.07) is 25.0. The van der Waals surface area contributed by atoms with Gasteiger partial charge in [-0.3, -0.25) is 14.5 Å². The highest BCUT2D eigenvalue weighted by Crippen LogP contribution is 2.43. The number of nitrogens with one attached hydrogen (secondary N) is 1. The van der Waals surface area contributed by atoms with E-state index >= 15 is 0 Å². The number of thioether (sulfide) groups is 2. The van der Waals surface area contributed by atoms with Crippen LogP contribution in [0.25, 0.3) is 10.9 Å². The molecule has 1 aliphatic rings. The van der Waals surface area contributed by atoms with Gasteiger partial charge >= 0.3 is 0 Å². The van der Waals surface area contributed by atoms with Crippen molar-refractivity contribution in [2.24, 2.45) is 7.05 Å². The molecule has 0 unspecified atom stereocenters. The summed E-state index contributed by atoms with van der Waals surface area (Å²) < 4.78 is 2.10. The molecule has 5 nitrogen and oxygen atoms in total. The molecular formula is C27H25N3O2S2. The number of para-hydroxylation sites is 1. The Morgan fingerprint density at radius 3 is 2.62 bits per heavy atom. The first-order valence-corrected chi connectivity index (χ1v) is 13.3. The lowest BCUT2D eigenvalue weighted by Gasteiger charge is -2.30. The second-order valence-electron chi connectivity index (χ2n) is 8.15. The van der Waals surface area contributed by atoms with E-state index in [0.717, 1.165) is 37.6 Å². The largest absolute Gasteiger partial charge is 0.350 e. The maximum atomic E-state index is 13.9. The molecule has 34 heavy (non-hydrogen) atoms. The fourth-order valence-electron chi connectivity index (χ4n) is 4.49. The van der Waals surface area contributed by atoms with Gasteiger partial charge in [0.05, 0.1) is 10.8 Å². The van der Waals surface area contributed by atoms with E-state index in [0.29, 0.717) is 6.54 Å². The Morgan fingerprint density at radius 2 is 1.82 bits per heavy atom. The van der Waals surface area contributed by atoms with Gasteiger partial charge in [0.25, 0.3) is 0 Å². The molecule has 3 aromatic carbocycles. The van der Waals surface area contributed by atoms with Crippen molar-refractivity contribution in [2.75, 3.05) is 16.9 Å². The molecule has 0 radical (unpaired) electrons. The van der Waals surface area contributed by atoms with Crippen LogP contribution in [-0.4, -0.2) is 28.4 Å². The van der Waals surface area contributed by atoms with Crippen molar-refractivity contribution in [3.63, 3.8) is 0 Å². The number of carbonyl (C=O) groups excluding carboxylic acids is 2. The standard InChI is InChI=1S/C27H25N3O2S2/c1-29-22-14-7-6-13-21(22)24-25(26(32)28-16-18-9-4-3-5-10-18)30(23(31)17-34-27(24)29)19-11-8-12-20(15-19)33-2/h3-15,25H,16-17H2,1-2H3,(H,28,32)/t25-/m0/s1. The molecule has 1 N–H and O–H groups in total. The smallest absolute Gasteiger partial charge is 0.248 e. The third kappa shape index (κ3) is 4.10. The van der Waals surface area contributed by atoms with Gasteiger partial charge in [0, 0.05) is 40.6 Å². The highest BCUT2D eigenvalue weighted by molar-refractivity contribution is 8.00. The Labute approximate surface area is 207 Å². The molecule has 0 bridgehead atoms. The molecule has 2 amide bonds. The second kappa shape index (κ2) is 9.60. The predicted octanol–water partition coefficient (Wildman–Crippen LogP) is 5.40. The number of aromatic nitrogens is 1. The molecule has 0 aliphatic carbocycles. The van der Waals surface area contributed by atoms with Crippen molar-refractivity contribution < 1.29 is 9.59 Å². The maximum Gasteiger partial charge on any atom is 0.248 e. The average Bonchev–Trinajstić information content (AvgIpc) is 3.05. The lowest BCUT2D eigenvalue weighted by Crippen LogP contribution is -2.43. The number of rotatable bonds is 5. The molecule has 172 valence electrons. The molecule has 1 aliphatic heterocycles. The summed E-state index contributed by atoms with van der Waals surface area (Å²) >= 11 is 3.12. The Bertz CT molecular complexity index is 1370. The number of amides is 2.